The van der Waals surface area contributed by atoms with Crippen molar-refractivity contribution < 1.29 is 0 Å². The summed E-state index contributed by atoms with van der Waals surface area (Å²) in [7, 11) is 1.69. The van der Waals surface area contributed by atoms with Crippen LogP contribution in [-0.4, -0.2) is 0 Å². The summed E-state index contributed by atoms with van der Waals surface area (Å²) in [4.78, 5) is 0. The predicted molar refractivity (Wildman–Crippen MR) is 78.7 cm³/mol. The quantitative estimate of drug-likeness (QED) is 0.511. The molecule has 2 heteroatoms. The lowest BCUT2D eigenvalue weighted by atomic mass is 10.1. The molecule has 0 aromatic heterocycles. The lowest BCUT2D eigenvalue weighted by Crippen LogP contribution is -1.90. The van der Waals surface area contributed by atoms with Crippen LogP contribution in [-0.2, 0) is 0 Å². The van der Waals surface area contributed by atoms with E-state index in [2.05, 4.69) is 51.5 Å². The first-order valence-corrected chi connectivity index (χ1v) is 7.71. The minimum atomic E-state index is 0.846. The maximum atomic E-state index is 2.37. The molecular formula is C14H18P2. The molecule has 0 saturated heterocycles. The molecule has 0 aromatic carbocycles. The second-order valence-electron chi connectivity index (χ2n) is 4.43. The lowest BCUT2D eigenvalue weighted by molar-refractivity contribution is 1.33. The summed E-state index contributed by atoms with van der Waals surface area (Å²) in [5.41, 5.74) is 5.72. The van der Waals surface area contributed by atoms with Crippen LogP contribution in [0.25, 0.3) is 0 Å². The Labute approximate surface area is 102 Å². The highest BCUT2D eigenvalue weighted by Gasteiger charge is 2.10. The zero-order valence-electron chi connectivity index (χ0n) is 10.3. The zero-order valence-corrected chi connectivity index (χ0v) is 12.3. The molecular weight excluding hydrogens is 230 g/mol. The van der Waals surface area contributed by atoms with Crippen LogP contribution in [0.2, 0.25) is 0 Å². The van der Waals surface area contributed by atoms with E-state index in [9.17, 15) is 0 Å². The van der Waals surface area contributed by atoms with Gasteiger partial charge < -0.3 is 0 Å². The fourth-order valence-corrected chi connectivity index (χ4v) is 4.34. The second-order valence-corrected chi connectivity index (χ2v) is 6.66. The lowest BCUT2D eigenvalue weighted by Gasteiger charge is -2.17. The van der Waals surface area contributed by atoms with Crippen molar-refractivity contribution in [1.82, 2.24) is 0 Å². The highest BCUT2D eigenvalue weighted by molar-refractivity contribution is 7.51. The molecule has 0 fully saturated rings. The van der Waals surface area contributed by atoms with Gasteiger partial charge in [0.25, 0.3) is 0 Å². The van der Waals surface area contributed by atoms with Gasteiger partial charge in [-0.3, -0.25) is 0 Å². The Balaban J connectivity index is 2.34. The van der Waals surface area contributed by atoms with E-state index in [-0.39, 0.29) is 0 Å². The molecule has 0 radical (unpaired) electrons. The van der Waals surface area contributed by atoms with Gasteiger partial charge in [0.2, 0.25) is 0 Å². The Morgan fingerprint density at radius 1 is 0.625 bits per heavy atom. The molecule has 2 atom stereocenters. The van der Waals surface area contributed by atoms with Crippen molar-refractivity contribution in [1.29, 1.82) is 0 Å². The van der Waals surface area contributed by atoms with Crippen LogP contribution in [0.1, 0.15) is 27.7 Å². The topological polar surface area (TPSA) is 0 Å². The molecule has 0 saturated carbocycles. The average Bonchev–Trinajstić information content (AvgIpc) is 2.26. The molecule has 2 rings (SSSR count). The molecule has 2 aliphatic heterocycles. The van der Waals surface area contributed by atoms with E-state index in [1.54, 1.807) is 0 Å². The van der Waals surface area contributed by atoms with Crippen molar-refractivity contribution >= 4 is 17.2 Å². The highest BCUT2D eigenvalue weighted by atomic mass is 31.1. The van der Waals surface area contributed by atoms with Gasteiger partial charge in [0.15, 0.2) is 0 Å². The largest absolute Gasteiger partial charge is 0.0660 e. The third-order valence-electron chi connectivity index (χ3n) is 3.14. The normalized spacial score (nSPS) is 28.8. The van der Waals surface area contributed by atoms with Gasteiger partial charge in [0.05, 0.1) is 0 Å². The molecule has 0 aliphatic carbocycles. The molecule has 0 spiro atoms. The minimum Gasteiger partial charge on any atom is -0.0660 e. The Morgan fingerprint density at radius 3 is 1.31 bits per heavy atom. The van der Waals surface area contributed by atoms with E-state index in [1.165, 1.54) is 32.9 Å². The van der Waals surface area contributed by atoms with Gasteiger partial charge >= 0.3 is 0 Å². The molecule has 0 N–H and O–H groups in total. The highest BCUT2D eigenvalue weighted by Crippen LogP contribution is 2.46. The van der Waals surface area contributed by atoms with E-state index in [0.717, 1.165) is 17.2 Å². The Bertz CT molecular complexity index is 427. The fourth-order valence-electron chi connectivity index (χ4n) is 1.65. The van der Waals surface area contributed by atoms with Crippen molar-refractivity contribution in [2.75, 3.05) is 0 Å². The number of rotatable bonds is 0. The number of hydrogen-bond donors (Lipinski definition) is 0. The number of allylic oxidation sites excluding steroid dienone is 8. The summed E-state index contributed by atoms with van der Waals surface area (Å²) in [5.74, 6) is 4.74. The summed E-state index contributed by atoms with van der Waals surface area (Å²) >= 11 is 0. The smallest absolute Gasteiger partial charge is 0.0152 e. The summed E-state index contributed by atoms with van der Waals surface area (Å²) in [6.45, 7) is 8.82. The summed E-state index contributed by atoms with van der Waals surface area (Å²) in [6.07, 6.45) is 4.74. The fraction of sp³-hybridized carbons (Fsp3) is 0.286. The van der Waals surface area contributed by atoms with E-state index in [0.29, 0.717) is 0 Å². The molecule has 84 valence electrons. The SMILES string of the molecule is CC1=CP/C(=C2\C=C(C)C(C)=CP2)C=C1C. The molecule has 0 bridgehead atoms. The second kappa shape index (κ2) is 4.82. The van der Waals surface area contributed by atoms with Crippen molar-refractivity contribution in [3.63, 3.8) is 0 Å². The summed E-state index contributed by atoms with van der Waals surface area (Å²) in [6, 6.07) is 0. The summed E-state index contributed by atoms with van der Waals surface area (Å²) < 4.78 is 0. The van der Waals surface area contributed by atoms with Crippen molar-refractivity contribution in [3.8, 4) is 0 Å². The van der Waals surface area contributed by atoms with Crippen LogP contribution in [0, 0.1) is 0 Å². The first kappa shape index (κ1) is 12.0. The maximum absolute atomic E-state index is 2.37. The molecule has 2 unspecified atom stereocenters. The molecule has 16 heavy (non-hydrogen) atoms. The van der Waals surface area contributed by atoms with Gasteiger partial charge in [0, 0.05) is 0 Å². The zero-order chi connectivity index (χ0) is 11.7. The monoisotopic (exact) mass is 248 g/mol. The first-order chi connectivity index (χ1) is 7.58. The van der Waals surface area contributed by atoms with E-state index in [4.69, 9.17) is 0 Å². The molecule has 0 nitrogen and oxygen atoms in total. The Kier molecular flexibility index (Phi) is 3.63. The predicted octanol–water partition coefficient (Wildman–Crippen LogP) is 5.28. The summed E-state index contributed by atoms with van der Waals surface area (Å²) in [5, 5.41) is 3.06. The van der Waals surface area contributed by atoms with Gasteiger partial charge in [-0.2, -0.15) is 0 Å². The van der Waals surface area contributed by atoms with Crippen LogP contribution >= 0.6 is 17.2 Å². The maximum Gasteiger partial charge on any atom is -0.0152 e. The van der Waals surface area contributed by atoms with Gasteiger partial charge in [-0.25, -0.2) is 0 Å². The standard InChI is InChI=1S/C14H18P2/c1-9-5-13(15-7-11(9)3)14-6-10(2)12(4)8-16-14/h5-8,15-16H,1-4H3/b14-13+. The van der Waals surface area contributed by atoms with Crippen LogP contribution in [0.15, 0.2) is 56.7 Å². The minimum absolute atomic E-state index is 0.846. The van der Waals surface area contributed by atoms with Gasteiger partial charge in [-0.15, -0.1) is 0 Å². The molecule has 0 amide bonds. The van der Waals surface area contributed by atoms with E-state index in [1.807, 2.05) is 0 Å². The van der Waals surface area contributed by atoms with Gasteiger partial charge in [-0.05, 0) is 60.6 Å². The van der Waals surface area contributed by atoms with E-state index >= 15 is 0 Å². The van der Waals surface area contributed by atoms with Crippen LogP contribution in [0.5, 0.6) is 0 Å². The first-order valence-electron chi connectivity index (χ1n) is 5.56. The van der Waals surface area contributed by atoms with Crippen molar-refractivity contribution in [3.05, 3.63) is 56.7 Å². The van der Waals surface area contributed by atoms with Gasteiger partial charge in [0.1, 0.15) is 0 Å². The van der Waals surface area contributed by atoms with E-state index < -0.39 is 0 Å². The number of hydrogen-bond acceptors (Lipinski definition) is 0. The third kappa shape index (κ3) is 2.45. The van der Waals surface area contributed by atoms with Crippen LogP contribution in [0.3, 0.4) is 0 Å². The molecule has 2 aliphatic rings. The van der Waals surface area contributed by atoms with Gasteiger partial charge in [-0.1, -0.05) is 40.9 Å². The Morgan fingerprint density at radius 2 is 1.00 bits per heavy atom. The van der Waals surface area contributed by atoms with Crippen molar-refractivity contribution in [2.45, 2.75) is 27.7 Å². The molecule has 2 heterocycles. The van der Waals surface area contributed by atoms with Crippen LogP contribution < -0.4 is 0 Å². The average molecular weight is 248 g/mol. The van der Waals surface area contributed by atoms with Crippen molar-refractivity contribution in [2.24, 2.45) is 0 Å². The molecule has 0 aromatic rings. The third-order valence-corrected chi connectivity index (χ3v) is 6.00. The Hall–Kier alpha value is -0.440. The van der Waals surface area contributed by atoms with Crippen LogP contribution in [0.4, 0.5) is 0 Å².